The highest BCUT2D eigenvalue weighted by atomic mass is 16.4. The third kappa shape index (κ3) is 2.57. The third-order valence-electron chi connectivity index (χ3n) is 4.00. The molecule has 0 aromatic carbocycles. The summed E-state index contributed by atoms with van der Waals surface area (Å²) in [5.41, 5.74) is 0.0909. The summed E-state index contributed by atoms with van der Waals surface area (Å²) < 4.78 is 5.46. The quantitative estimate of drug-likeness (QED) is 0.923. The minimum atomic E-state index is -1.05. The first-order valence-electron chi connectivity index (χ1n) is 7.14. The molecule has 0 bridgehead atoms. The maximum absolute atomic E-state index is 12.6. The number of furan rings is 1. The number of nitrogens with zero attached hydrogens (tertiary/aromatic N) is 1. The molecule has 1 saturated heterocycles. The highest BCUT2D eigenvalue weighted by molar-refractivity contribution is 5.96. The van der Waals surface area contributed by atoms with E-state index in [9.17, 15) is 9.59 Å². The summed E-state index contributed by atoms with van der Waals surface area (Å²) in [6, 6.07) is 1.68. The van der Waals surface area contributed by atoms with E-state index in [0.29, 0.717) is 12.2 Å². The van der Waals surface area contributed by atoms with Gasteiger partial charge in [-0.3, -0.25) is 4.79 Å². The molecule has 5 nitrogen and oxygen atoms in total. The average Bonchev–Trinajstić information content (AvgIpc) is 2.82. The van der Waals surface area contributed by atoms with Crippen molar-refractivity contribution in [3.8, 4) is 0 Å². The molecule has 0 radical (unpaired) electrons. The van der Waals surface area contributed by atoms with Gasteiger partial charge in [-0.25, -0.2) is 4.79 Å². The summed E-state index contributed by atoms with van der Waals surface area (Å²) in [6.45, 7) is 5.86. The minimum Gasteiger partial charge on any atom is -0.478 e. The first kappa shape index (κ1) is 14.6. The average molecular weight is 279 g/mol. The number of likely N-dealkylation sites (tertiary alicyclic amines) is 1. The number of hydrogen-bond acceptors (Lipinski definition) is 3. The number of hydrogen-bond donors (Lipinski definition) is 1. The van der Waals surface area contributed by atoms with Gasteiger partial charge in [0.05, 0.1) is 0 Å². The Hall–Kier alpha value is -1.78. The smallest absolute Gasteiger partial charge is 0.339 e. The number of piperidine rings is 1. The molecule has 2 heterocycles. The first-order chi connectivity index (χ1) is 9.45. The van der Waals surface area contributed by atoms with Crippen molar-refractivity contribution in [1.29, 1.82) is 0 Å². The van der Waals surface area contributed by atoms with E-state index in [0.717, 1.165) is 19.3 Å². The van der Waals surface area contributed by atoms with Crippen LogP contribution >= 0.6 is 0 Å². The molecule has 1 fully saturated rings. The molecule has 20 heavy (non-hydrogen) atoms. The van der Waals surface area contributed by atoms with Crippen LogP contribution in [-0.4, -0.2) is 34.0 Å². The molecule has 1 aromatic heterocycles. The van der Waals surface area contributed by atoms with Gasteiger partial charge in [0.25, 0.3) is 5.91 Å². The maximum atomic E-state index is 12.6. The molecule has 0 spiro atoms. The normalized spacial score (nSPS) is 22.9. The Bertz CT molecular complexity index is 510. The van der Waals surface area contributed by atoms with Crippen LogP contribution in [0.3, 0.4) is 0 Å². The van der Waals surface area contributed by atoms with Gasteiger partial charge in [0, 0.05) is 24.6 Å². The fraction of sp³-hybridized carbons (Fsp3) is 0.600. The zero-order valence-electron chi connectivity index (χ0n) is 12.2. The van der Waals surface area contributed by atoms with E-state index in [1.807, 2.05) is 25.7 Å². The van der Waals surface area contributed by atoms with Gasteiger partial charge in [-0.15, -0.1) is 0 Å². The SMILES string of the molecule is CCc1oc(C(=O)N2C(C)CCCC2C)cc1C(=O)O. The Kier molecular flexibility index (Phi) is 4.16. The molecular formula is C15H21NO4. The topological polar surface area (TPSA) is 70.8 Å². The van der Waals surface area contributed by atoms with Crippen LogP contribution in [0.15, 0.2) is 10.5 Å². The predicted octanol–water partition coefficient (Wildman–Crippen LogP) is 2.94. The van der Waals surface area contributed by atoms with Gasteiger partial charge in [-0.1, -0.05) is 6.92 Å². The van der Waals surface area contributed by atoms with Crippen LogP contribution in [0.2, 0.25) is 0 Å². The molecule has 2 unspecified atom stereocenters. The standard InChI is InChI=1S/C15H21NO4/c1-4-12-11(15(18)19)8-13(20-12)14(17)16-9(2)6-5-7-10(16)3/h8-10H,4-7H2,1-3H3,(H,18,19). The van der Waals surface area contributed by atoms with Crippen molar-refractivity contribution in [2.24, 2.45) is 0 Å². The van der Waals surface area contributed by atoms with Gasteiger partial charge in [0.1, 0.15) is 11.3 Å². The summed E-state index contributed by atoms with van der Waals surface area (Å²) >= 11 is 0. The van der Waals surface area contributed by atoms with Crippen LogP contribution in [0.25, 0.3) is 0 Å². The van der Waals surface area contributed by atoms with Crippen molar-refractivity contribution >= 4 is 11.9 Å². The van der Waals surface area contributed by atoms with Crippen LogP contribution < -0.4 is 0 Å². The molecule has 1 aliphatic heterocycles. The number of carbonyl (C=O) groups excluding carboxylic acids is 1. The number of carboxylic acids is 1. The van der Waals surface area contributed by atoms with Gasteiger partial charge in [0.15, 0.2) is 5.76 Å². The van der Waals surface area contributed by atoms with Gasteiger partial charge < -0.3 is 14.4 Å². The number of carbonyl (C=O) groups is 2. The number of aryl methyl sites for hydroxylation is 1. The van der Waals surface area contributed by atoms with Crippen molar-refractivity contribution in [2.45, 2.75) is 58.5 Å². The lowest BCUT2D eigenvalue weighted by Crippen LogP contribution is -2.47. The molecule has 110 valence electrons. The van der Waals surface area contributed by atoms with Crippen LogP contribution in [0.1, 0.15) is 66.7 Å². The fourth-order valence-corrected chi connectivity index (χ4v) is 2.93. The highest BCUT2D eigenvalue weighted by Crippen LogP contribution is 2.26. The van der Waals surface area contributed by atoms with E-state index in [1.165, 1.54) is 6.07 Å². The lowest BCUT2D eigenvalue weighted by molar-refractivity contribution is 0.0476. The van der Waals surface area contributed by atoms with E-state index >= 15 is 0 Å². The van der Waals surface area contributed by atoms with Crippen LogP contribution in [0.5, 0.6) is 0 Å². The molecule has 1 N–H and O–H groups in total. The Morgan fingerprint density at radius 3 is 2.40 bits per heavy atom. The van der Waals surface area contributed by atoms with E-state index < -0.39 is 5.97 Å². The second-order valence-electron chi connectivity index (χ2n) is 5.45. The Labute approximate surface area is 118 Å². The zero-order valence-corrected chi connectivity index (χ0v) is 12.2. The van der Waals surface area contributed by atoms with Gasteiger partial charge >= 0.3 is 5.97 Å². The molecular weight excluding hydrogens is 258 g/mol. The van der Waals surface area contributed by atoms with Gasteiger partial charge in [-0.2, -0.15) is 0 Å². The van der Waals surface area contributed by atoms with E-state index in [4.69, 9.17) is 9.52 Å². The largest absolute Gasteiger partial charge is 0.478 e. The highest BCUT2D eigenvalue weighted by Gasteiger charge is 2.32. The number of carboxylic acid groups (broad SMARTS) is 1. The van der Waals surface area contributed by atoms with Crippen LogP contribution in [-0.2, 0) is 6.42 Å². The Morgan fingerprint density at radius 1 is 1.35 bits per heavy atom. The lowest BCUT2D eigenvalue weighted by atomic mass is 9.97. The molecule has 5 heteroatoms. The second kappa shape index (κ2) is 5.69. The first-order valence-corrected chi connectivity index (χ1v) is 7.14. The molecule has 1 amide bonds. The lowest BCUT2D eigenvalue weighted by Gasteiger charge is -2.38. The summed E-state index contributed by atoms with van der Waals surface area (Å²) in [5.74, 6) is -0.755. The van der Waals surface area contributed by atoms with Crippen molar-refractivity contribution in [3.63, 3.8) is 0 Å². The molecule has 2 rings (SSSR count). The summed E-state index contributed by atoms with van der Waals surface area (Å²) in [5, 5.41) is 9.12. The van der Waals surface area contributed by atoms with Gasteiger partial charge in [0.2, 0.25) is 0 Å². The molecule has 0 aliphatic carbocycles. The van der Waals surface area contributed by atoms with E-state index in [2.05, 4.69) is 0 Å². The summed E-state index contributed by atoms with van der Waals surface area (Å²) in [4.78, 5) is 25.5. The van der Waals surface area contributed by atoms with Crippen molar-refractivity contribution < 1.29 is 19.1 Å². The number of amides is 1. The predicted molar refractivity (Wildman–Crippen MR) is 74.0 cm³/mol. The number of rotatable bonds is 3. The van der Waals surface area contributed by atoms with E-state index in [1.54, 1.807) is 0 Å². The third-order valence-corrected chi connectivity index (χ3v) is 4.00. The fourth-order valence-electron chi connectivity index (χ4n) is 2.93. The van der Waals surface area contributed by atoms with Gasteiger partial charge in [-0.05, 0) is 33.1 Å². The summed E-state index contributed by atoms with van der Waals surface area (Å²) in [6.07, 6.45) is 3.53. The number of aromatic carboxylic acids is 1. The van der Waals surface area contributed by atoms with E-state index in [-0.39, 0.29) is 29.3 Å². The monoisotopic (exact) mass is 279 g/mol. The zero-order chi connectivity index (χ0) is 14.9. The molecule has 1 aromatic rings. The van der Waals surface area contributed by atoms with Crippen molar-refractivity contribution in [3.05, 3.63) is 23.2 Å². The molecule has 2 atom stereocenters. The Morgan fingerprint density at radius 2 is 1.95 bits per heavy atom. The summed E-state index contributed by atoms with van der Waals surface area (Å²) in [7, 11) is 0. The van der Waals surface area contributed by atoms with Crippen LogP contribution in [0, 0.1) is 0 Å². The molecule has 1 aliphatic rings. The van der Waals surface area contributed by atoms with Crippen molar-refractivity contribution in [1.82, 2.24) is 4.90 Å². The molecule has 0 saturated carbocycles. The van der Waals surface area contributed by atoms with Crippen molar-refractivity contribution in [2.75, 3.05) is 0 Å². The van der Waals surface area contributed by atoms with Crippen LogP contribution in [0.4, 0.5) is 0 Å². The Balaban J connectivity index is 2.31. The second-order valence-corrected chi connectivity index (χ2v) is 5.45. The maximum Gasteiger partial charge on any atom is 0.339 e. The minimum absolute atomic E-state index is 0.0909.